The average molecular weight is 192 g/mol. The first-order chi connectivity index (χ1) is 6.74. The molecular weight excluding hydrogens is 176 g/mol. The molecule has 0 bridgehead atoms. The Morgan fingerprint density at radius 2 is 2.00 bits per heavy atom. The number of rotatable bonds is 4. The number of hydrogen-bond donors (Lipinski definition) is 2. The monoisotopic (exact) mass is 192 g/mol. The van der Waals surface area contributed by atoms with Crippen LogP contribution >= 0.6 is 0 Å². The summed E-state index contributed by atoms with van der Waals surface area (Å²) in [4.78, 5) is 0. The second-order valence-corrected chi connectivity index (χ2v) is 3.15. The zero-order chi connectivity index (χ0) is 10.4. The van der Waals surface area contributed by atoms with Crippen molar-refractivity contribution >= 4 is 5.90 Å². The summed E-state index contributed by atoms with van der Waals surface area (Å²) in [5, 5.41) is 10.6. The lowest BCUT2D eigenvalue weighted by molar-refractivity contribution is 0.304. The van der Waals surface area contributed by atoms with Crippen LogP contribution < -0.4 is 5.32 Å². The summed E-state index contributed by atoms with van der Waals surface area (Å²) >= 11 is 0. The van der Waals surface area contributed by atoms with Gasteiger partial charge in [0.25, 0.3) is 0 Å². The van der Waals surface area contributed by atoms with Gasteiger partial charge in [0.05, 0.1) is 0 Å². The molecule has 14 heavy (non-hydrogen) atoms. The van der Waals surface area contributed by atoms with Crippen molar-refractivity contribution in [3.8, 4) is 0 Å². The third-order valence-electron chi connectivity index (χ3n) is 1.91. The number of ether oxygens (including phenoxy) is 1. The van der Waals surface area contributed by atoms with Crippen LogP contribution in [0.5, 0.6) is 0 Å². The summed E-state index contributed by atoms with van der Waals surface area (Å²) in [5.74, 6) is 0.236. The molecule has 0 radical (unpaired) electrons. The highest BCUT2D eigenvalue weighted by Crippen LogP contribution is 2.04. The maximum Gasteiger partial charge on any atom is 0.213 e. The van der Waals surface area contributed by atoms with Gasteiger partial charge in [-0.2, -0.15) is 0 Å². The quantitative estimate of drug-likeness (QED) is 0.432. The summed E-state index contributed by atoms with van der Waals surface area (Å²) in [6.45, 7) is 3.31. The van der Waals surface area contributed by atoms with E-state index < -0.39 is 0 Å². The maximum atomic E-state index is 7.63. The molecule has 1 aromatic rings. The van der Waals surface area contributed by atoms with E-state index in [1.165, 1.54) is 5.56 Å². The SMILES string of the molecule is CNCCOC(=N)c1ccc(C)cc1. The number of nitrogens with one attached hydrogen (secondary N) is 2. The van der Waals surface area contributed by atoms with Crippen molar-refractivity contribution in [1.82, 2.24) is 5.32 Å². The minimum Gasteiger partial charge on any atom is -0.476 e. The van der Waals surface area contributed by atoms with E-state index in [1.54, 1.807) is 0 Å². The molecular formula is C11H16N2O. The molecule has 2 N–H and O–H groups in total. The first kappa shape index (κ1) is 10.7. The van der Waals surface area contributed by atoms with Gasteiger partial charge in [0, 0.05) is 12.1 Å². The molecule has 3 nitrogen and oxygen atoms in total. The van der Waals surface area contributed by atoms with Crippen LogP contribution in [0.3, 0.4) is 0 Å². The van der Waals surface area contributed by atoms with Crippen LogP contribution in [0.15, 0.2) is 24.3 Å². The van der Waals surface area contributed by atoms with E-state index in [4.69, 9.17) is 10.1 Å². The normalized spacial score (nSPS) is 9.86. The minimum atomic E-state index is 0.236. The van der Waals surface area contributed by atoms with Crippen molar-refractivity contribution in [2.24, 2.45) is 0 Å². The van der Waals surface area contributed by atoms with Gasteiger partial charge in [-0.1, -0.05) is 17.7 Å². The summed E-state index contributed by atoms with van der Waals surface area (Å²) in [7, 11) is 1.86. The van der Waals surface area contributed by atoms with Gasteiger partial charge in [-0.05, 0) is 26.1 Å². The summed E-state index contributed by atoms with van der Waals surface area (Å²) in [5.41, 5.74) is 2.02. The van der Waals surface area contributed by atoms with Gasteiger partial charge >= 0.3 is 0 Å². The molecule has 0 saturated heterocycles. The smallest absolute Gasteiger partial charge is 0.213 e. The van der Waals surface area contributed by atoms with Gasteiger partial charge < -0.3 is 10.1 Å². The first-order valence-electron chi connectivity index (χ1n) is 4.67. The van der Waals surface area contributed by atoms with Gasteiger partial charge in [-0.15, -0.1) is 0 Å². The second-order valence-electron chi connectivity index (χ2n) is 3.15. The molecule has 0 aliphatic rings. The van der Waals surface area contributed by atoms with E-state index >= 15 is 0 Å². The molecule has 1 aromatic carbocycles. The molecule has 0 amide bonds. The van der Waals surface area contributed by atoms with Crippen molar-refractivity contribution in [2.75, 3.05) is 20.2 Å². The lowest BCUT2D eigenvalue weighted by atomic mass is 10.1. The van der Waals surface area contributed by atoms with Crippen LogP contribution in [-0.2, 0) is 4.74 Å². The molecule has 0 atom stereocenters. The molecule has 76 valence electrons. The number of likely N-dealkylation sites (N-methyl/N-ethyl adjacent to an activating group) is 1. The highest BCUT2D eigenvalue weighted by molar-refractivity contribution is 5.91. The summed E-state index contributed by atoms with van der Waals surface area (Å²) < 4.78 is 5.23. The third kappa shape index (κ3) is 3.18. The zero-order valence-electron chi connectivity index (χ0n) is 8.63. The Bertz CT molecular complexity index is 293. The van der Waals surface area contributed by atoms with Crippen molar-refractivity contribution in [3.05, 3.63) is 35.4 Å². The third-order valence-corrected chi connectivity index (χ3v) is 1.91. The van der Waals surface area contributed by atoms with E-state index in [-0.39, 0.29) is 5.90 Å². The molecule has 3 heteroatoms. The number of benzene rings is 1. The van der Waals surface area contributed by atoms with Crippen molar-refractivity contribution in [1.29, 1.82) is 5.41 Å². The van der Waals surface area contributed by atoms with E-state index in [1.807, 2.05) is 38.2 Å². The van der Waals surface area contributed by atoms with E-state index in [2.05, 4.69) is 5.32 Å². The van der Waals surface area contributed by atoms with Crippen LogP contribution in [0.4, 0.5) is 0 Å². The highest BCUT2D eigenvalue weighted by atomic mass is 16.5. The van der Waals surface area contributed by atoms with E-state index in [0.29, 0.717) is 6.61 Å². The fourth-order valence-electron chi connectivity index (χ4n) is 1.04. The van der Waals surface area contributed by atoms with Gasteiger partial charge in [0.2, 0.25) is 5.90 Å². The van der Waals surface area contributed by atoms with Crippen molar-refractivity contribution in [3.63, 3.8) is 0 Å². The van der Waals surface area contributed by atoms with Crippen LogP contribution in [0, 0.1) is 12.3 Å². The molecule has 0 fully saturated rings. The van der Waals surface area contributed by atoms with Gasteiger partial charge in [0.15, 0.2) is 0 Å². The highest BCUT2D eigenvalue weighted by Gasteiger charge is 2.00. The Kier molecular flexibility index (Phi) is 4.13. The van der Waals surface area contributed by atoms with Gasteiger partial charge in [0.1, 0.15) is 6.61 Å². The number of hydrogen-bond acceptors (Lipinski definition) is 3. The molecule has 0 aliphatic heterocycles. The average Bonchev–Trinajstić information content (AvgIpc) is 2.19. The lowest BCUT2D eigenvalue weighted by Crippen LogP contribution is -2.17. The van der Waals surface area contributed by atoms with Crippen LogP contribution in [0.2, 0.25) is 0 Å². The lowest BCUT2D eigenvalue weighted by Gasteiger charge is -2.06. The summed E-state index contributed by atoms with van der Waals surface area (Å²) in [6.07, 6.45) is 0. The molecule has 0 unspecified atom stereocenters. The minimum absolute atomic E-state index is 0.236. The predicted octanol–water partition coefficient (Wildman–Crippen LogP) is 1.56. The van der Waals surface area contributed by atoms with Crippen LogP contribution in [-0.4, -0.2) is 26.1 Å². The molecule has 0 spiro atoms. The van der Waals surface area contributed by atoms with Gasteiger partial charge in [-0.3, -0.25) is 5.41 Å². The van der Waals surface area contributed by atoms with Crippen molar-refractivity contribution < 1.29 is 4.74 Å². The first-order valence-corrected chi connectivity index (χ1v) is 4.67. The Balaban J connectivity index is 2.48. The Labute approximate surface area is 84.6 Å². The van der Waals surface area contributed by atoms with Gasteiger partial charge in [-0.25, -0.2) is 0 Å². The summed E-state index contributed by atoms with van der Waals surface area (Å²) in [6, 6.07) is 7.75. The predicted molar refractivity (Wildman–Crippen MR) is 57.9 cm³/mol. The van der Waals surface area contributed by atoms with Crippen LogP contribution in [0.1, 0.15) is 11.1 Å². The standard InChI is InChI=1S/C11H16N2O/c1-9-3-5-10(6-4-9)11(12)14-8-7-13-2/h3-6,12-13H,7-8H2,1-2H3. The zero-order valence-corrected chi connectivity index (χ0v) is 8.63. The van der Waals surface area contributed by atoms with E-state index in [9.17, 15) is 0 Å². The fourth-order valence-corrected chi connectivity index (χ4v) is 1.04. The molecule has 1 rings (SSSR count). The Morgan fingerprint density at radius 3 is 2.57 bits per heavy atom. The molecule has 0 aromatic heterocycles. The topological polar surface area (TPSA) is 45.1 Å². The van der Waals surface area contributed by atoms with E-state index in [0.717, 1.165) is 12.1 Å². The molecule has 0 aliphatic carbocycles. The molecule has 0 heterocycles. The van der Waals surface area contributed by atoms with Crippen molar-refractivity contribution in [2.45, 2.75) is 6.92 Å². The van der Waals surface area contributed by atoms with Crippen LogP contribution in [0.25, 0.3) is 0 Å². The Morgan fingerprint density at radius 1 is 1.36 bits per heavy atom. The maximum absolute atomic E-state index is 7.63. The molecule has 0 saturated carbocycles. The fraction of sp³-hybridized carbons (Fsp3) is 0.364. The second kappa shape index (κ2) is 5.40. The Hall–Kier alpha value is -1.35. The largest absolute Gasteiger partial charge is 0.476 e. The number of aryl methyl sites for hydroxylation is 1.